The number of unbranched alkanes of at least 4 members (excludes halogenated alkanes) is 37. The van der Waals surface area contributed by atoms with Crippen LogP contribution in [-0.4, -0.2) is 41.7 Å². The van der Waals surface area contributed by atoms with E-state index in [1.54, 1.807) is 0 Å². The lowest BCUT2D eigenvalue weighted by molar-refractivity contribution is -0.154. The summed E-state index contributed by atoms with van der Waals surface area (Å²) in [6, 6.07) is 0. The fourth-order valence-electron chi connectivity index (χ4n) is 7.56. The lowest BCUT2D eigenvalue weighted by Gasteiger charge is -2.18. The van der Waals surface area contributed by atoms with Crippen LogP contribution in [-0.2, 0) is 23.4 Å². The minimum absolute atomic E-state index is 0.0874. The highest BCUT2D eigenvalue weighted by atomic mass is 31.2. The Morgan fingerprint density at radius 3 is 0.982 bits per heavy atom. The topological polar surface area (TPSA) is 102 Å². The molecule has 7 nitrogen and oxygen atoms in total. The van der Waals surface area contributed by atoms with Gasteiger partial charge in [-0.15, -0.1) is 0 Å². The molecule has 0 heterocycles. The summed E-state index contributed by atoms with van der Waals surface area (Å²) in [6.07, 6.45) is 51.1. The molecule has 0 spiro atoms. The normalized spacial score (nSPS) is 12.4. The fraction of sp³-hybridized carbons (Fsp3) is 0.979. The van der Waals surface area contributed by atoms with Gasteiger partial charge in [0.1, 0.15) is 6.10 Å². The van der Waals surface area contributed by atoms with Gasteiger partial charge in [-0.05, 0) is 12.8 Å². The summed E-state index contributed by atoms with van der Waals surface area (Å²) in [5.41, 5.74) is 0. The monoisotopic (exact) mass is 803 g/mol. The minimum Gasteiger partial charge on any atom is -0.457 e. The maximum Gasteiger partial charge on any atom is 0.469 e. The number of phosphoric ester groups is 1. The van der Waals surface area contributed by atoms with E-state index in [4.69, 9.17) is 19.3 Å². The highest BCUT2D eigenvalue weighted by Gasteiger charge is 2.21. The average Bonchev–Trinajstić information content (AvgIpc) is 3.16. The third-order valence-electron chi connectivity index (χ3n) is 11.2. The molecule has 0 unspecified atom stereocenters. The van der Waals surface area contributed by atoms with Crippen molar-refractivity contribution in [1.82, 2.24) is 0 Å². The molecular weight excluding hydrogens is 707 g/mol. The molecule has 55 heavy (non-hydrogen) atoms. The third kappa shape index (κ3) is 47.8. The summed E-state index contributed by atoms with van der Waals surface area (Å²) in [7, 11) is -4.65. The van der Waals surface area contributed by atoms with Crippen molar-refractivity contribution in [2.24, 2.45) is 0 Å². The Balaban J connectivity index is 3.67. The molecule has 0 bridgehead atoms. The Kier molecular flexibility index (Phi) is 44.3. The molecule has 1 atom stereocenters. The van der Waals surface area contributed by atoms with Crippen molar-refractivity contribution in [1.29, 1.82) is 0 Å². The second-order valence-corrected chi connectivity index (χ2v) is 18.0. The van der Waals surface area contributed by atoms with Crippen LogP contribution >= 0.6 is 7.82 Å². The number of phosphoric acid groups is 1. The Morgan fingerprint density at radius 2 is 0.691 bits per heavy atom. The zero-order chi connectivity index (χ0) is 40.2. The fourth-order valence-corrected chi connectivity index (χ4v) is 7.92. The summed E-state index contributed by atoms with van der Waals surface area (Å²) in [5.74, 6) is -0.353. The van der Waals surface area contributed by atoms with Gasteiger partial charge in [0.25, 0.3) is 0 Å². The average molecular weight is 803 g/mol. The molecule has 0 aromatic carbocycles. The van der Waals surface area contributed by atoms with Gasteiger partial charge in [0.05, 0.1) is 13.2 Å². The van der Waals surface area contributed by atoms with Crippen LogP contribution in [0.5, 0.6) is 0 Å². The van der Waals surface area contributed by atoms with E-state index in [1.807, 2.05) is 0 Å². The first kappa shape index (κ1) is 54.5. The predicted molar refractivity (Wildman–Crippen MR) is 235 cm³/mol. The van der Waals surface area contributed by atoms with Crippen molar-refractivity contribution in [3.8, 4) is 0 Å². The summed E-state index contributed by atoms with van der Waals surface area (Å²) in [6.45, 7) is 4.83. The molecule has 0 aromatic rings. The number of ether oxygens (including phenoxy) is 2. The number of rotatable bonds is 47. The van der Waals surface area contributed by atoms with Gasteiger partial charge in [-0.2, -0.15) is 0 Å². The summed E-state index contributed by atoms with van der Waals surface area (Å²) in [5, 5.41) is 0. The maximum absolute atomic E-state index is 12.5. The first-order valence-corrected chi connectivity index (χ1v) is 25.9. The number of esters is 1. The van der Waals surface area contributed by atoms with E-state index in [2.05, 4.69) is 18.4 Å². The van der Waals surface area contributed by atoms with Crippen LogP contribution in [0.1, 0.15) is 271 Å². The van der Waals surface area contributed by atoms with Gasteiger partial charge in [-0.1, -0.05) is 251 Å². The van der Waals surface area contributed by atoms with Crippen LogP contribution in [0.2, 0.25) is 0 Å². The van der Waals surface area contributed by atoms with Crippen molar-refractivity contribution >= 4 is 13.8 Å². The Hall–Kier alpha value is -0.460. The van der Waals surface area contributed by atoms with Crippen molar-refractivity contribution in [3.63, 3.8) is 0 Å². The van der Waals surface area contributed by atoms with Crippen LogP contribution in [0.3, 0.4) is 0 Å². The van der Waals surface area contributed by atoms with Crippen molar-refractivity contribution in [2.75, 3.05) is 19.8 Å². The van der Waals surface area contributed by atoms with E-state index in [0.717, 1.165) is 32.1 Å². The number of hydrogen-bond acceptors (Lipinski definition) is 5. The van der Waals surface area contributed by atoms with Gasteiger partial charge in [-0.25, -0.2) is 4.57 Å². The van der Waals surface area contributed by atoms with E-state index < -0.39 is 13.9 Å². The molecule has 2 N–H and O–H groups in total. The second kappa shape index (κ2) is 44.6. The smallest absolute Gasteiger partial charge is 0.457 e. The first-order chi connectivity index (χ1) is 26.9. The standard InChI is InChI=1S/C47H95O7P/c1-3-5-7-9-11-13-15-17-19-21-23-25-27-29-31-33-35-37-39-41-43-52-44-46(45-53-55(49,50)51)54-47(48)42-40-38-36-34-32-30-28-26-24-22-20-18-16-14-12-10-8-6-4-2/h46H,3-45H2,1-2H3,(H2,49,50,51)/t46-/m1/s1. The number of hydrogen-bond donors (Lipinski definition) is 2. The third-order valence-corrected chi connectivity index (χ3v) is 11.6. The van der Waals surface area contributed by atoms with Gasteiger partial charge in [0.2, 0.25) is 0 Å². The second-order valence-electron chi connectivity index (χ2n) is 16.8. The molecule has 0 fully saturated rings. The van der Waals surface area contributed by atoms with Gasteiger partial charge < -0.3 is 19.3 Å². The highest BCUT2D eigenvalue weighted by molar-refractivity contribution is 7.46. The quantitative estimate of drug-likeness (QED) is 0.0359. The van der Waals surface area contributed by atoms with E-state index in [1.165, 1.54) is 218 Å². The lowest BCUT2D eigenvalue weighted by Crippen LogP contribution is -2.28. The number of carbonyl (C=O) groups is 1. The van der Waals surface area contributed by atoms with Crippen molar-refractivity contribution in [2.45, 2.75) is 277 Å². The lowest BCUT2D eigenvalue weighted by atomic mass is 10.0. The van der Waals surface area contributed by atoms with Crippen LogP contribution in [0.15, 0.2) is 0 Å². The molecular formula is C47H95O7P. The molecule has 0 saturated heterocycles. The van der Waals surface area contributed by atoms with Gasteiger partial charge in [0, 0.05) is 13.0 Å². The minimum atomic E-state index is -4.65. The first-order valence-electron chi connectivity index (χ1n) is 24.4. The van der Waals surface area contributed by atoms with Crippen LogP contribution in [0.25, 0.3) is 0 Å². The highest BCUT2D eigenvalue weighted by Crippen LogP contribution is 2.36. The van der Waals surface area contributed by atoms with Crippen molar-refractivity contribution < 1.29 is 33.1 Å². The Morgan fingerprint density at radius 1 is 0.418 bits per heavy atom. The Labute approximate surface area is 342 Å². The molecule has 330 valence electrons. The SMILES string of the molecule is CCCCCCCCCCCCCCCCCCCCCCOC[C@H](COP(=O)(O)O)OC(=O)CCCCCCCCCCCCCCCCCCCCC. The summed E-state index contributed by atoms with van der Waals surface area (Å²) in [4.78, 5) is 30.7. The van der Waals surface area contributed by atoms with E-state index in [-0.39, 0.29) is 19.2 Å². The molecule has 0 saturated carbocycles. The zero-order valence-electron chi connectivity index (χ0n) is 36.9. The van der Waals surface area contributed by atoms with Crippen LogP contribution in [0.4, 0.5) is 0 Å². The molecule has 0 amide bonds. The van der Waals surface area contributed by atoms with E-state index in [9.17, 15) is 9.36 Å². The van der Waals surface area contributed by atoms with Crippen molar-refractivity contribution in [3.05, 3.63) is 0 Å². The van der Waals surface area contributed by atoms with Crippen LogP contribution in [0, 0.1) is 0 Å². The molecule has 0 aliphatic heterocycles. The van der Waals surface area contributed by atoms with E-state index >= 15 is 0 Å². The van der Waals surface area contributed by atoms with Crippen LogP contribution < -0.4 is 0 Å². The number of carbonyl (C=O) groups excluding carboxylic acids is 1. The van der Waals surface area contributed by atoms with Gasteiger partial charge >= 0.3 is 13.8 Å². The molecule has 0 radical (unpaired) electrons. The molecule has 0 aromatic heterocycles. The zero-order valence-corrected chi connectivity index (χ0v) is 37.8. The summed E-state index contributed by atoms with van der Waals surface area (Å²) < 4.78 is 27.1. The van der Waals surface area contributed by atoms with E-state index in [0.29, 0.717) is 13.0 Å². The molecule has 0 rings (SSSR count). The summed E-state index contributed by atoms with van der Waals surface area (Å²) >= 11 is 0. The van der Waals surface area contributed by atoms with Gasteiger partial charge in [-0.3, -0.25) is 9.32 Å². The van der Waals surface area contributed by atoms with Gasteiger partial charge in [0.15, 0.2) is 0 Å². The maximum atomic E-state index is 12.5. The Bertz CT molecular complexity index is 804. The molecule has 8 heteroatoms. The molecule has 0 aliphatic rings. The predicted octanol–water partition coefficient (Wildman–Crippen LogP) is 15.7. The molecule has 0 aliphatic carbocycles. The largest absolute Gasteiger partial charge is 0.469 e.